The monoisotopic (exact) mass is 336 g/mol. The highest BCUT2D eigenvalue weighted by atomic mass is 16.6. The van der Waals surface area contributed by atoms with Crippen molar-refractivity contribution in [3.05, 3.63) is 12.3 Å². The fourth-order valence-corrected chi connectivity index (χ4v) is 3.37. The number of rotatable bonds is 1. The van der Waals surface area contributed by atoms with Gasteiger partial charge in [-0.3, -0.25) is 5.32 Å². The van der Waals surface area contributed by atoms with Crippen LogP contribution in [0.3, 0.4) is 0 Å². The van der Waals surface area contributed by atoms with Crippen molar-refractivity contribution >= 4 is 17.9 Å². The molecule has 3 rings (SSSR count). The van der Waals surface area contributed by atoms with Crippen molar-refractivity contribution in [3.8, 4) is 0 Å². The first-order valence-electron chi connectivity index (χ1n) is 8.29. The molecule has 0 aliphatic carbocycles. The molecule has 2 aliphatic heterocycles. The van der Waals surface area contributed by atoms with Gasteiger partial charge in [-0.05, 0) is 39.5 Å². The SMILES string of the molecule is CC(C)(C)OC(=O)N1C[C@@H]2CCCN(C(=O)Nc3ccon3)[C@@H]2C1. The van der Waals surface area contributed by atoms with E-state index in [1.807, 2.05) is 20.8 Å². The van der Waals surface area contributed by atoms with Gasteiger partial charge in [-0.15, -0.1) is 0 Å². The summed E-state index contributed by atoms with van der Waals surface area (Å²) < 4.78 is 10.2. The van der Waals surface area contributed by atoms with E-state index in [0.29, 0.717) is 25.5 Å². The van der Waals surface area contributed by atoms with Crippen molar-refractivity contribution < 1.29 is 18.8 Å². The number of nitrogens with one attached hydrogen (secondary N) is 1. The van der Waals surface area contributed by atoms with E-state index in [-0.39, 0.29) is 24.1 Å². The highest BCUT2D eigenvalue weighted by Crippen LogP contribution is 2.31. The van der Waals surface area contributed by atoms with Gasteiger partial charge in [0, 0.05) is 25.7 Å². The fourth-order valence-electron chi connectivity index (χ4n) is 3.37. The molecule has 0 unspecified atom stereocenters. The molecule has 132 valence electrons. The summed E-state index contributed by atoms with van der Waals surface area (Å²) in [4.78, 5) is 28.3. The molecule has 1 N–H and O–H groups in total. The van der Waals surface area contributed by atoms with Gasteiger partial charge in [0.2, 0.25) is 0 Å². The van der Waals surface area contributed by atoms with E-state index in [1.54, 1.807) is 15.9 Å². The van der Waals surface area contributed by atoms with Crippen molar-refractivity contribution in [1.29, 1.82) is 0 Å². The highest BCUT2D eigenvalue weighted by Gasteiger charge is 2.43. The summed E-state index contributed by atoms with van der Waals surface area (Å²) in [6, 6.07) is 1.41. The molecular formula is C16H24N4O4. The second kappa shape index (κ2) is 6.33. The summed E-state index contributed by atoms with van der Waals surface area (Å²) in [6.07, 6.45) is 3.04. The van der Waals surface area contributed by atoms with Crippen LogP contribution in [0.1, 0.15) is 33.6 Å². The number of likely N-dealkylation sites (tertiary alicyclic amines) is 2. The first kappa shape index (κ1) is 16.6. The standard InChI is InChI=1S/C16H24N4O4/c1-16(2,3)24-15(22)19-9-11-5-4-7-20(12(11)10-19)14(21)17-13-6-8-23-18-13/h6,8,11-12H,4-5,7,9-10H2,1-3H3,(H,17,18,21)/t11-,12+/m0/s1. The Morgan fingerprint density at radius 2 is 2.17 bits per heavy atom. The number of ether oxygens (including phenoxy) is 1. The fraction of sp³-hybridized carbons (Fsp3) is 0.688. The van der Waals surface area contributed by atoms with Gasteiger partial charge in [0.15, 0.2) is 5.82 Å². The second-order valence-electron chi connectivity index (χ2n) is 7.36. The van der Waals surface area contributed by atoms with Crippen molar-refractivity contribution in [1.82, 2.24) is 15.0 Å². The summed E-state index contributed by atoms with van der Waals surface area (Å²) >= 11 is 0. The van der Waals surface area contributed by atoms with Crippen molar-refractivity contribution in [3.63, 3.8) is 0 Å². The number of carbonyl (C=O) groups is 2. The number of hydrogen-bond acceptors (Lipinski definition) is 5. The summed E-state index contributed by atoms with van der Waals surface area (Å²) in [5.74, 6) is 0.679. The number of nitrogens with zero attached hydrogens (tertiary/aromatic N) is 3. The average molecular weight is 336 g/mol. The maximum absolute atomic E-state index is 12.5. The first-order chi connectivity index (χ1) is 11.3. The molecule has 0 aromatic carbocycles. The molecule has 1 aromatic heterocycles. The Labute approximate surface area is 141 Å². The molecule has 0 radical (unpaired) electrons. The number of amides is 3. The van der Waals surface area contributed by atoms with E-state index in [4.69, 9.17) is 9.26 Å². The average Bonchev–Trinajstić information content (AvgIpc) is 3.13. The van der Waals surface area contributed by atoms with Crippen molar-refractivity contribution in [2.45, 2.75) is 45.3 Å². The minimum absolute atomic E-state index is 0.0122. The number of urea groups is 1. The van der Waals surface area contributed by atoms with Gasteiger partial charge in [-0.2, -0.15) is 0 Å². The van der Waals surface area contributed by atoms with Gasteiger partial charge in [0.05, 0.1) is 6.04 Å². The topological polar surface area (TPSA) is 87.9 Å². The lowest BCUT2D eigenvalue weighted by Gasteiger charge is -2.36. The lowest BCUT2D eigenvalue weighted by molar-refractivity contribution is 0.0282. The second-order valence-corrected chi connectivity index (χ2v) is 7.36. The number of anilines is 1. The molecule has 8 heteroatoms. The van der Waals surface area contributed by atoms with Crippen LogP contribution in [0.25, 0.3) is 0 Å². The van der Waals surface area contributed by atoms with Gasteiger partial charge in [-0.1, -0.05) is 5.16 Å². The first-order valence-corrected chi connectivity index (χ1v) is 8.29. The maximum Gasteiger partial charge on any atom is 0.410 e. The third-order valence-corrected chi connectivity index (χ3v) is 4.37. The van der Waals surface area contributed by atoms with Crippen LogP contribution in [0.4, 0.5) is 15.4 Å². The molecule has 1 aromatic rings. The number of aromatic nitrogens is 1. The maximum atomic E-state index is 12.5. The van der Waals surface area contributed by atoms with E-state index >= 15 is 0 Å². The Bertz CT molecular complexity index is 596. The molecule has 0 bridgehead atoms. The molecule has 2 atom stereocenters. The molecule has 0 saturated carbocycles. The minimum Gasteiger partial charge on any atom is -0.444 e. The number of piperidine rings is 1. The largest absolute Gasteiger partial charge is 0.444 e. The van der Waals surface area contributed by atoms with Gasteiger partial charge in [0.25, 0.3) is 0 Å². The van der Waals surface area contributed by atoms with Crippen molar-refractivity contribution in [2.24, 2.45) is 5.92 Å². The van der Waals surface area contributed by atoms with Crippen LogP contribution in [-0.4, -0.2) is 58.4 Å². The van der Waals surface area contributed by atoms with Crippen LogP contribution in [0.15, 0.2) is 16.9 Å². The summed E-state index contributed by atoms with van der Waals surface area (Å²) in [6.45, 7) is 7.37. The van der Waals surface area contributed by atoms with Crippen LogP contribution in [0, 0.1) is 5.92 Å². The zero-order valence-electron chi connectivity index (χ0n) is 14.3. The Morgan fingerprint density at radius 1 is 1.38 bits per heavy atom. The van der Waals surface area contributed by atoms with E-state index < -0.39 is 5.60 Å². The number of fused-ring (bicyclic) bond motifs is 1. The van der Waals surface area contributed by atoms with Gasteiger partial charge in [0.1, 0.15) is 11.9 Å². The quantitative estimate of drug-likeness (QED) is 0.851. The van der Waals surface area contributed by atoms with Crippen LogP contribution < -0.4 is 5.32 Å². The normalized spacial score (nSPS) is 23.8. The molecule has 3 amide bonds. The zero-order chi connectivity index (χ0) is 17.3. The van der Waals surface area contributed by atoms with Crippen LogP contribution in [-0.2, 0) is 4.74 Å². The van der Waals surface area contributed by atoms with E-state index in [9.17, 15) is 9.59 Å². The molecule has 2 fully saturated rings. The van der Waals surface area contributed by atoms with Crippen LogP contribution in [0.2, 0.25) is 0 Å². The Kier molecular flexibility index (Phi) is 4.38. The van der Waals surface area contributed by atoms with Crippen molar-refractivity contribution in [2.75, 3.05) is 25.0 Å². The third kappa shape index (κ3) is 3.63. The zero-order valence-corrected chi connectivity index (χ0v) is 14.3. The molecule has 3 heterocycles. The summed E-state index contributed by atoms with van der Waals surface area (Å²) in [5.41, 5.74) is -0.519. The molecular weight excluding hydrogens is 312 g/mol. The van der Waals surface area contributed by atoms with Crippen LogP contribution >= 0.6 is 0 Å². The molecule has 8 nitrogen and oxygen atoms in total. The smallest absolute Gasteiger partial charge is 0.410 e. The lowest BCUT2D eigenvalue weighted by atomic mass is 9.92. The number of hydrogen-bond donors (Lipinski definition) is 1. The predicted molar refractivity (Wildman–Crippen MR) is 86.5 cm³/mol. The summed E-state index contributed by atoms with van der Waals surface area (Å²) in [7, 11) is 0. The highest BCUT2D eigenvalue weighted by molar-refractivity contribution is 5.88. The Hall–Kier alpha value is -2.25. The lowest BCUT2D eigenvalue weighted by Crippen LogP contribution is -2.50. The Morgan fingerprint density at radius 3 is 2.83 bits per heavy atom. The van der Waals surface area contributed by atoms with Gasteiger partial charge < -0.3 is 19.1 Å². The third-order valence-electron chi connectivity index (χ3n) is 4.37. The molecule has 2 saturated heterocycles. The van der Waals surface area contributed by atoms with E-state index in [1.165, 1.54) is 6.26 Å². The Balaban J connectivity index is 1.64. The van der Waals surface area contributed by atoms with E-state index in [0.717, 1.165) is 12.8 Å². The predicted octanol–water partition coefficient (Wildman–Crippen LogP) is 2.54. The number of carbonyl (C=O) groups excluding carboxylic acids is 2. The van der Waals surface area contributed by atoms with Crippen LogP contribution in [0.5, 0.6) is 0 Å². The van der Waals surface area contributed by atoms with Gasteiger partial charge in [-0.25, -0.2) is 9.59 Å². The molecule has 2 aliphatic rings. The molecule has 24 heavy (non-hydrogen) atoms. The minimum atomic E-state index is -0.519. The van der Waals surface area contributed by atoms with Gasteiger partial charge >= 0.3 is 12.1 Å². The molecule has 0 spiro atoms. The van der Waals surface area contributed by atoms with E-state index in [2.05, 4.69) is 10.5 Å². The summed E-state index contributed by atoms with van der Waals surface area (Å²) in [5, 5.41) is 6.44.